The molecule has 0 spiro atoms. The molecule has 0 saturated carbocycles. The lowest BCUT2D eigenvalue weighted by Crippen LogP contribution is -2.45. The van der Waals surface area contributed by atoms with E-state index in [2.05, 4.69) is 25.4 Å². The molecule has 0 aliphatic rings. The van der Waals surface area contributed by atoms with Crippen LogP contribution in [0, 0.1) is 0 Å². The van der Waals surface area contributed by atoms with Crippen molar-refractivity contribution in [1.29, 1.82) is 0 Å². The molecule has 0 aliphatic heterocycles. The van der Waals surface area contributed by atoms with Crippen LogP contribution in [0.1, 0.15) is 6.42 Å². The van der Waals surface area contributed by atoms with Crippen LogP contribution in [0.2, 0.25) is 0 Å². The molecule has 1 amide bonds. The van der Waals surface area contributed by atoms with Gasteiger partial charge in [0.05, 0.1) is 20.0 Å². The Morgan fingerprint density at radius 1 is 1.00 bits per heavy atom. The van der Waals surface area contributed by atoms with Crippen LogP contribution in [0.3, 0.4) is 0 Å². The summed E-state index contributed by atoms with van der Waals surface area (Å²) in [5.41, 5.74) is 0. The van der Waals surface area contributed by atoms with Gasteiger partial charge >= 0.3 is 11.9 Å². The van der Waals surface area contributed by atoms with E-state index in [9.17, 15) is 14.4 Å². The Balaban J connectivity index is 3.90. The molecular formula is C13H25N3O5S. The second-order valence-electron chi connectivity index (χ2n) is 4.37. The number of nitrogens with one attached hydrogen (secondary N) is 3. The van der Waals surface area contributed by atoms with Gasteiger partial charge in [-0.2, -0.15) is 11.8 Å². The van der Waals surface area contributed by atoms with Crippen LogP contribution >= 0.6 is 11.8 Å². The number of methoxy groups -OCH3 is 2. The number of carbonyl (C=O) groups excluding carboxylic acids is 3. The van der Waals surface area contributed by atoms with Crippen molar-refractivity contribution in [2.75, 3.05) is 46.4 Å². The standard InChI is InChI=1S/C13H25N3O5S/c1-14-9(12(18)20-3)5-6-22-8-11(17)16-7-10(15-2)13(19)21-4/h9-10,14-15H,5-8H2,1-4H3,(H,16,17). The Kier molecular flexibility index (Phi) is 11.5. The summed E-state index contributed by atoms with van der Waals surface area (Å²) in [6, 6.07) is -0.930. The molecule has 0 heterocycles. The Hall–Kier alpha value is -1.32. The minimum atomic E-state index is -0.563. The number of amides is 1. The Morgan fingerprint density at radius 3 is 2.05 bits per heavy atom. The molecule has 0 aromatic rings. The minimum Gasteiger partial charge on any atom is -0.468 e. The predicted octanol–water partition coefficient (Wildman–Crippen LogP) is -1.25. The maximum Gasteiger partial charge on any atom is 0.324 e. The fourth-order valence-corrected chi connectivity index (χ4v) is 2.43. The van der Waals surface area contributed by atoms with E-state index in [4.69, 9.17) is 0 Å². The molecule has 0 aliphatic carbocycles. The summed E-state index contributed by atoms with van der Waals surface area (Å²) in [5, 5.41) is 8.28. The Labute approximate surface area is 135 Å². The largest absolute Gasteiger partial charge is 0.468 e. The van der Waals surface area contributed by atoms with Crippen molar-refractivity contribution in [2.24, 2.45) is 0 Å². The zero-order valence-electron chi connectivity index (χ0n) is 13.4. The van der Waals surface area contributed by atoms with Gasteiger partial charge in [-0.3, -0.25) is 14.4 Å². The summed E-state index contributed by atoms with van der Waals surface area (Å²) in [6.45, 7) is 0.171. The summed E-state index contributed by atoms with van der Waals surface area (Å²) in [4.78, 5) is 34.3. The quantitative estimate of drug-likeness (QED) is 0.318. The van der Waals surface area contributed by atoms with E-state index in [1.165, 1.54) is 26.0 Å². The average Bonchev–Trinajstić information content (AvgIpc) is 2.54. The maximum absolute atomic E-state index is 11.7. The molecule has 0 rings (SSSR count). The molecule has 128 valence electrons. The van der Waals surface area contributed by atoms with Gasteiger partial charge in [0.1, 0.15) is 12.1 Å². The molecule has 0 aromatic carbocycles. The van der Waals surface area contributed by atoms with Crippen molar-refractivity contribution in [2.45, 2.75) is 18.5 Å². The normalized spacial score (nSPS) is 13.1. The highest BCUT2D eigenvalue weighted by molar-refractivity contribution is 7.99. The topological polar surface area (TPSA) is 106 Å². The molecule has 0 aromatic heterocycles. The van der Waals surface area contributed by atoms with Crippen molar-refractivity contribution < 1.29 is 23.9 Å². The summed E-state index contributed by atoms with van der Waals surface area (Å²) < 4.78 is 9.25. The average molecular weight is 335 g/mol. The van der Waals surface area contributed by atoms with Gasteiger partial charge in [-0.15, -0.1) is 0 Å². The first kappa shape index (κ1) is 20.7. The van der Waals surface area contributed by atoms with E-state index in [0.29, 0.717) is 12.2 Å². The van der Waals surface area contributed by atoms with Gasteiger partial charge in [0, 0.05) is 6.54 Å². The molecule has 9 heteroatoms. The van der Waals surface area contributed by atoms with Crippen LogP contribution in [0.4, 0.5) is 0 Å². The van der Waals surface area contributed by atoms with Gasteiger partial charge in [-0.1, -0.05) is 0 Å². The van der Waals surface area contributed by atoms with E-state index in [1.807, 2.05) is 0 Å². The molecule has 3 N–H and O–H groups in total. The lowest BCUT2D eigenvalue weighted by atomic mass is 10.2. The van der Waals surface area contributed by atoms with Crippen LogP contribution in [0.25, 0.3) is 0 Å². The van der Waals surface area contributed by atoms with E-state index < -0.39 is 12.0 Å². The van der Waals surface area contributed by atoms with Crippen LogP contribution < -0.4 is 16.0 Å². The van der Waals surface area contributed by atoms with Gasteiger partial charge in [-0.25, -0.2) is 0 Å². The van der Waals surface area contributed by atoms with Crippen molar-refractivity contribution in [3.8, 4) is 0 Å². The van der Waals surface area contributed by atoms with E-state index >= 15 is 0 Å². The number of hydrogen-bond acceptors (Lipinski definition) is 8. The predicted molar refractivity (Wildman–Crippen MR) is 84.7 cm³/mol. The minimum absolute atomic E-state index is 0.171. The molecule has 8 nitrogen and oxygen atoms in total. The number of likely N-dealkylation sites (N-methyl/N-ethyl adjacent to an activating group) is 2. The van der Waals surface area contributed by atoms with Crippen molar-refractivity contribution in [3.63, 3.8) is 0 Å². The van der Waals surface area contributed by atoms with Crippen molar-refractivity contribution in [3.05, 3.63) is 0 Å². The van der Waals surface area contributed by atoms with Gasteiger partial charge in [0.25, 0.3) is 0 Å². The van der Waals surface area contributed by atoms with Gasteiger partial charge in [-0.05, 0) is 26.3 Å². The van der Waals surface area contributed by atoms with Crippen molar-refractivity contribution >= 4 is 29.6 Å². The number of carbonyl (C=O) groups is 3. The van der Waals surface area contributed by atoms with Gasteiger partial charge in [0.15, 0.2) is 0 Å². The second-order valence-corrected chi connectivity index (χ2v) is 5.48. The summed E-state index contributed by atoms with van der Waals surface area (Å²) in [5.74, 6) is -0.0171. The maximum atomic E-state index is 11.7. The molecule has 0 saturated heterocycles. The lowest BCUT2D eigenvalue weighted by Gasteiger charge is -2.15. The van der Waals surface area contributed by atoms with Crippen LogP contribution in [-0.4, -0.2) is 76.3 Å². The number of ether oxygens (including phenoxy) is 2. The SMILES string of the molecule is CNC(CCSCC(=O)NCC(NC)C(=O)OC)C(=O)OC. The first-order valence-electron chi connectivity index (χ1n) is 6.84. The number of hydrogen-bond donors (Lipinski definition) is 3. The van der Waals surface area contributed by atoms with Gasteiger partial charge < -0.3 is 25.4 Å². The smallest absolute Gasteiger partial charge is 0.324 e. The molecule has 0 radical (unpaired) electrons. The van der Waals surface area contributed by atoms with Gasteiger partial charge in [0.2, 0.25) is 5.91 Å². The van der Waals surface area contributed by atoms with E-state index in [0.717, 1.165) is 0 Å². The molecule has 0 fully saturated rings. The molecule has 2 unspecified atom stereocenters. The van der Waals surface area contributed by atoms with Crippen LogP contribution in [0.15, 0.2) is 0 Å². The van der Waals surface area contributed by atoms with Crippen molar-refractivity contribution in [1.82, 2.24) is 16.0 Å². The first-order chi connectivity index (χ1) is 10.5. The monoisotopic (exact) mass is 335 g/mol. The third-order valence-electron chi connectivity index (χ3n) is 2.96. The Morgan fingerprint density at radius 2 is 1.55 bits per heavy atom. The van der Waals surface area contributed by atoms with E-state index in [1.54, 1.807) is 14.1 Å². The zero-order chi connectivity index (χ0) is 17.0. The number of esters is 2. The summed E-state index contributed by atoms with van der Waals surface area (Å²) in [6.07, 6.45) is 0.572. The Bertz CT molecular complexity index is 368. The number of thioether (sulfide) groups is 1. The van der Waals surface area contributed by atoms with Crippen LogP contribution in [-0.2, 0) is 23.9 Å². The summed E-state index contributed by atoms with van der Waals surface area (Å²) in [7, 11) is 5.94. The number of rotatable bonds is 11. The molecule has 22 heavy (non-hydrogen) atoms. The summed E-state index contributed by atoms with van der Waals surface area (Å²) >= 11 is 1.41. The zero-order valence-corrected chi connectivity index (χ0v) is 14.2. The fraction of sp³-hybridized carbons (Fsp3) is 0.769. The van der Waals surface area contributed by atoms with E-state index in [-0.39, 0.29) is 30.2 Å². The molecular weight excluding hydrogens is 310 g/mol. The lowest BCUT2D eigenvalue weighted by molar-refractivity contribution is -0.143. The first-order valence-corrected chi connectivity index (χ1v) is 8.00. The highest BCUT2D eigenvalue weighted by Crippen LogP contribution is 2.05. The highest BCUT2D eigenvalue weighted by atomic mass is 32.2. The fourth-order valence-electron chi connectivity index (χ4n) is 1.60. The third-order valence-corrected chi connectivity index (χ3v) is 3.95. The second kappa shape index (κ2) is 12.2. The van der Waals surface area contributed by atoms with Crippen LogP contribution in [0.5, 0.6) is 0 Å². The molecule has 0 bridgehead atoms. The highest BCUT2D eigenvalue weighted by Gasteiger charge is 2.18. The third kappa shape index (κ3) is 8.20. The molecule has 2 atom stereocenters.